The van der Waals surface area contributed by atoms with E-state index in [2.05, 4.69) is 0 Å². The van der Waals surface area contributed by atoms with Crippen molar-refractivity contribution in [3.63, 3.8) is 0 Å². The van der Waals surface area contributed by atoms with E-state index in [0.29, 0.717) is 55.1 Å². The minimum absolute atomic E-state index is 0.121. The molecule has 0 amide bonds. The summed E-state index contributed by atoms with van der Waals surface area (Å²) in [5.41, 5.74) is 4.07. The number of aryl methyl sites for hydroxylation is 1. The zero-order valence-electron chi connectivity index (χ0n) is 20.0. The standard InChI is InChI=1S/C28H27F2NO4S/c1-18-2-4-19(5-3-18)27-26(20-14-21(29)16-22(30)15-20)24-7-6-23(17-25(24)28(27)32)35-11-8-31-9-12-36(33,34)13-10-31/h2-6,14-17,27H,7-13H2,1H3. The average Bonchev–Trinajstić information content (AvgIpc) is 3.12. The molecule has 1 unspecified atom stereocenters. The molecule has 8 heteroatoms. The lowest BCUT2D eigenvalue weighted by Gasteiger charge is -2.26. The summed E-state index contributed by atoms with van der Waals surface area (Å²) < 4.78 is 57.5. The molecule has 0 radical (unpaired) electrons. The first-order valence-corrected chi connectivity index (χ1v) is 13.8. The molecule has 3 aliphatic rings. The molecule has 2 aromatic carbocycles. The van der Waals surface area contributed by atoms with E-state index in [1.807, 2.05) is 42.2 Å². The number of hydrogen-bond donors (Lipinski definition) is 0. The molecule has 1 fully saturated rings. The lowest BCUT2D eigenvalue weighted by molar-refractivity contribution is -0.115. The van der Waals surface area contributed by atoms with Gasteiger partial charge in [-0.3, -0.25) is 9.69 Å². The lowest BCUT2D eigenvalue weighted by Crippen LogP contribution is -2.41. The van der Waals surface area contributed by atoms with E-state index >= 15 is 0 Å². The van der Waals surface area contributed by atoms with Crippen molar-refractivity contribution in [1.29, 1.82) is 0 Å². The highest BCUT2D eigenvalue weighted by atomic mass is 32.2. The lowest BCUT2D eigenvalue weighted by atomic mass is 9.86. The average molecular weight is 512 g/mol. The fraction of sp³-hybridized carbons (Fsp3) is 0.321. The van der Waals surface area contributed by atoms with Crippen LogP contribution in [0.15, 0.2) is 71.5 Å². The van der Waals surface area contributed by atoms with Crippen LogP contribution in [0.4, 0.5) is 8.78 Å². The van der Waals surface area contributed by atoms with Gasteiger partial charge in [-0.2, -0.15) is 0 Å². The van der Waals surface area contributed by atoms with E-state index in [4.69, 9.17) is 4.74 Å². The molecule has 2 aromatic rings. The van der Waals surface area contributed by atoms with E-state index in [9.17, 15) is 22.0 Å². The predicted octanol–water partition coefficient (Wildman–Crippen LogP) is 4.35. The van der Waals surface area contributed by atoms with Gasteiger partial charge in [0.05, 0.1) is 17.4 Å². The van der Waals surface area contributed by atoms with Gasteiger partial charge in [-0.1, -0.05) is 29.8 Å². The van der Waals surface area contributed by atoms with Gasteiger partial charge < -0.3 is 4.74 Å². The van der Waals surface area contributed by atoms with Crippen molar-refractivity contribution in [3.05, 3.63) is 99.8 Å². The molecule has 1 saturated heterocycles. The second-order valence-corrected chi connectivity index (χ2v) is 11.8. The first kappa shape index (κ1) is 24.6. The normalized spacial score (nSPS) is 21.8. The third-order valence-electron chi connectivity index (χ3n) is 6.96. The second-order valence-electron chi connectivity index (χ2n) is 9.47. The zero-order chi connectivity index (χ0) is 25.4. The molecule has 1 aliphatic heterocycles. The third kappa shape index (κ3) is 5.06. The van der Waals surface area contributed by atoms with E-state index in [0.717, 1.165) is 22.8 Å². The van der Waals surface area contributed by atoms with Crippen LogP contribution in [0.5, 0.6) is 0 Å². The summed E-state index contributed by atoms with van der Waals surface area (Å²) >= 11 is 0. The van der Waals surface area contributed by atoms with E-state index in [1.54, 1.807) is 6.08 Å². The molecule has 1 heterocycles. The zero-order valence-corrected chi connectivity index (χ0v) is 20.8. The van der Waals surface area contributed by atoms with Crippen LogP contribution in [0.2, 0.25) is 0 Å². The van der Waals surface area contributed by atoms with Crippen molar-refractivity contribution >= 4 is 21.2 Å². The van der Waals surface area contributed by atoms with Crippen molar-refractivity contribution < 1.29 is 26.7 Å². The monoisotopic (exact) mass is 511 g/mol. The van der Waals surface area contributed by atoms with Crippen LogP contribution in [0.25, 0.3) is 5.57 Å². The van der Waals surface area contributed by atoms with Gasteiger partial charge in [-0.15, -0.1) is 0 Å². The first-order valence-electron chi connectivity index (χ1n) is 12.0. The van der Waals surface area contributed by atoms with Gasteiger partial charge in [0, 0.05) is 31.3 Å². The van der Waals surface area contributed by atoms with Crippen molar-refractivity contribution in [2.45, 2.75) is 19.3 Å². The molecule has 0 saturated carbocycles. The maximum atomic E-state index is 14.2. The first-order chi connectivity index (χ1) is 17.2. The summed E-state index contributed by atoms with van der Waals surface area (Å²) in [5.74, 6) is -1.27. The third-order valence-corrected chi connectivity index (χ3v) is 8.57. The Bertz CT molecular complexity index is 1370. The van der Waals surface area contributed by atoms with Gasteiger partial charge in [0.15, 0.2) is 15.6 Å². The minimum Gasteiger partial charge on any atom is -0.493 e. The number of halogens is 2. The molecule has 2 aliphatic carbocycles. The molecule has 188 valence electrons. The molecule has 5 nitrogen and oxygen atoms in total. The highest BCUT2D eigenvalue weighted by Gasteiger charge is 2.40. The quantitative estimate of drug-likeness (QED) is 0.577. The van der Waals surface area contributed by atoms with E-state index < -0.39 is 27.4 Å². The predicted molar refractivity (Wildman–Crippen MR) is 134 cm³/mol. The van der Waals surface area contributed by atoms with Crippen LogP contribution in [0.1, 0.15) is 29.0 Å². The maximum absolute atomic E-state index is 14.2. The number of ketones is 1. The number of sulfone groups is 1. The number of ether oxygens (including phenoxy) is 1. The summed E-state index contributed by atoms with van der Waals surface area (Å²) in [7, 11) is -2.93. The van der Waals surface area contributed by atoms with Gasteiger partial charge in [-0.25, -0.2) is 17.2 Å². The Hall–Kier alpha value is -3.10. The van der Waals surface area contributed by atoms with Crippen molar-refractivity contribution in [3.8, 4) is 0 Å². The summed E-state index contributed by atoms with van der Waals surface area (Å²) in [5, 5.41) is 0. The van der Waals surface area contributed by atoms with Crippen LogP contribution in [-0.4, -0.2) is 56.8 Å². The van der Waals surface area contributed by atoms with Crippen LogP contribution >= 0.6 is 0 Å². The summed E-state index contributed by atoms with van der Waals surface area (Å²) in [6.07, 6.45) is 4.00. The largest absolute Gasteiger partial charge is 0.493 e. The van der Waals surface area contributed by atoms with Gasteiger partial charge >= 0.3 is 0 Å². The number of carbonyl (C=O) groups is 1. The molecular weight excluding hydrogens is 484 g/mol. The van der Waals surface area contributed by atoms with Gasteiger partial charge in [0.2, 0.25) is 0 Å². The fourth-order valence-electron chi connectivity index (χ4n) is 5.03. The molecular formula is C28H27F2NO4S. The van der Waals surface area contributed by atoms with E-state index in [1.165, 1.54) is 12.1 Å². The van der Waals surface area contributed by atoms with Crippen LogP contribution in [-0.2, 0) is 19.4 Å². The van der Waals surface area contributed by atoms with Crippen LogP contribution < -0.4 is 0 Å². The Morgan fingerprint density at radius 3 is 2.36 bits per heavy atom. The Labute approximate surface area is 209 Å². The fourth-order valence-corrected chi connectivity index (χ4v) is 6.31. The molecule has 0 aromatic heterocycles. The molecule has 36 heavy (non-hydrogen) atoms. The number of carbonyl (C=O) groups excluding carboxylic acids is 1. The number of hydrogen-bond acceptors (Lipinski definition) is 5. The second kappa shape index (κ2) is 9.75. The molecule has 5 rings (SSSR count). The van der Waals surface area contributed by atoms with Crippen molar-refractivity contribution in [2.75, 3.05) is 37.7 Å². The Morgan fingerprint density at radius 2 is 1.69 bits per heavy atom. The molecule has 0 bridgehead atoms. The maximum Gasteiger partial charge on any atom is 0.175 e. The van der Waals surface area contributed by atoms with Crippen molar-refractivity contribution in [2.24, 2.45) is 0 Å². The molecule has 0 N–H and O–H groups in total. The summed E-state index contributed by atoms with van der Waals surface area (Å²) in [6.45, 7) is 3.89. The highest BCUT2D eigenvalue weighted by Crippen LogP contribution is 2.48. The minimum atomic E-state index is -2.93. The Balaban J connectivity index is 1.40. The number of benzene rings is 2. The SMILES string of the molecule is Cc1ccc(C2C(=O)C3=CC(OCCN4CCS(=O)(=O)CC4)=CCC3=C2c2cc(F)cc(F)c2)cc1. The highest BCUT2D eigenvalue weighted by molar-refractivity contribution is 7.91. The number of allylic oxidation sites excluding steroid dienone is 5. The molecule has 0 spiro atoms. The molecule has 1 atom stereocenters. The van der Waals surface area contributed by atoms with Gasteiger partial charge in [0.25, 0.3) is 0 Å². The number of nitrogens with zero attached hydrogens (tertiary/aromatic N) is 1. The Morgan fingerprint density at radius 1 is 1.03 bits per heavy atom. The van der Waals surface area contributed by atoms with Crippen molar-refractivity contribution in [1.82, 2.24) is 4.90 Å². The number of Topliss-reactive ketones (excluding diaryl/α,β-unsaturated/α-hetero) is 1. The number of fused-ring (bicyclic) bond motifs is 1. The van der Waals surface area contributed by atoms with Gasteiger partial charge in [0.1, 0.15) is 24.0 Å². The van der Waals surface area contributed by atoms with Gasteiger partial charge in [-0.05, 0) is 59.9 Å². The summed E-state index contributed by atoms with van der Waals surface area (Å²) in [6, 6.07) is 11.0. The van der Waals surface area contributed by atoms with Crippen LogP contribution in [0.3, 0.4) is 0 Å². The topological polar surface area (TPSA) is 63.7 Å². The summed E-state index contributed by atoms with van der Waals surface area (Å²) in [4.78, 5) is 15.7. The van der Waals surface area contributed by atoms with Crippen LogP contribution in [0, 0.1) is 18.6 Å². The van der Waals surface area contributed by atoms with E-state index in [-0.39, 0.29) is 17.3 Å². The number of rotatable bonds is 6. The Kier molecular flexibility index (Phi) is 6.66. The smallest absolute Gasteiger partial charge is 0.175 e.